The molecule has 0 aromatic carbocycles. The first kappa shape index (κ1) is 29.9. The van der Waals surface area contributed by atoms with E-state index in [1.165, 1.54) is 25.7 Å². The van der Waals surface area contributed by atoms with Gasteiger partial charge in [0, 0.05) is 0 Å². The van der Waals surface area contributed by atoms with Gasteiger partial charge in [0.05, 0.1) is 23.9 Å². The van der Waals surface area contributed by atoms with Crippen molar-refractivity contribution in [3.63, 3.8) is 0 Å². The van der Waals surface area contributed by atoms with Crippen LogP contribution in [0.15, 0.2) is 23.3 Å². The zero-order chi connectivity index (χ0) is 21.8. The average molecular weight is 491 g/mol. The molecule has 0 N–H and O–H groups in total. The number of rotatable bonds is 10. The molecule has 0 atom stereocenters. The van der Waals surface area contributed by atoms with E-state index in [4.69, 9.17) is 0 Å². The van der Waals surface area contributed by atoms with Crippen LogP contribution < -0.4 is 20.4 Å². The SMILES string of the molecule is C/C(=C/C(=O)[O-])C(=O)[O-].C/C(=C/C(=O)[O-])C(=O)[O-].CCC[CH2][SnH2+4][CH2]CCC. The average Bonchev–Trinajstić information content (AvgIpc) is 2.54. The molecule has 0 unspecified atom stereocenters. The summed E-state index contributed by atoms with van der Waals surface area (Å²) in [5.41, 5.74) is -0.704. The third-order valence-electron chi connectivity index (χ3n) is 3.02. The molecule has 152 valence electrons. The van der Waals surface area contributed by atoms with Crippen molar-refractivity contribution < 1.29 is 39.6 Å². The van der Waals surface area contributed by atoms with E-state index in [0.29, 0.717) is 12.2 Å². The van der Waals surface area contributed by atoms with Gasteiger partial charge >= 0.3 is 69.5 Å². The number of carbonyl (C=O) groups excluding carboxylic acids is 4. The molecule has 0 fully saturated rings. The van der Waals surface area contributed by atoms with Crippen molar-refractivity contribution in [1.82, 2.24) is 0 Å². The Morgan fingerprint density at radius 3 is 1.15 bits per heavy atom. The molecule has 0 aliphatic heterocycles. The van der Waals surface area contributed by atoms with Gasteiger partial charge in [0.15, 0.2) is 0 Å². The van der Waals surface area contributed by atoms with Gasteiger partial charge in [0.1, 0.15) is 0 Å². The summed E-state index contributed by atoms with van der Waals surface area (Å²) >= 11 is -0.159. The topological polar surface area (TPSA) is 161 Å². The van der Waals surface area contributed by atoms with Crippen LogP contribution in [0.5, 0.6) is 0 Å². The molecule has 0 heterocycles. The number of unbranched alkanes of at least 4 members (excludes halogenated alkanes) is 2. The molecule has 9 heteroatoms. The first-order valence-corrected chi connectivity index (χ1v) is 14.4. The van der Waals surface area contributed by atoms with Gasteiger partial charge in [-0.05, 0) is 37.1 Å². The zero-order valence-corrected chi connectivity index (χ0v) is 20.4. The zero-order valence-electron chi connectivity index (χ0n) is 16.4. The number of carboxylic acid groups (broad SMARTS) is 4. The first-order chi connectivity index (χ1) is 12.5. The summed E-state index contributed by atoms with van der Waals surface area (Å²) in [6, 6.07) is 0. The van der Waals surface area contributed by atoms with Crippen LogP contribution in [0.2, 0.25) is 8.87 Å². The Kier molecular flexibility index (Phi) is 22.7. The van der Waals surface area contributed by atoms with Crippen molar-refractivity contribution in [2.45, 2.75) is 62.3 Å². The number of hydrogen-bond acceptors (Lipinski definition) is 8. The summed E-state index contributed by atoms with van der Waals surface area (Å²) in [5.74, 6) is -6.06. The van der Waals surface area contributed by atoms with Gasteiger partial charge in [0.25, 0.3) is 0 Å². The monoisotopic (exact) mass is 492 g/mol. The van der Waals surface area contributed by atoms with E-state index in [9.17, 15) is 39.6 Å². The van der Waals surface area contributed by atoms with E-state index < -0.39 is 23.9 Å². The van der Waals surface area contributed by atoms with Gasteiger partial charge in [-0.1, -0.05) is 0 Å². The fourth-order valence-electron chi connectivity index (χ4n) is 1.50. The molecule has 8 nitrogen and oxygen atoms in total. The molecule has 0 aliphatic carbocycles. The van der Waals surface area contributed by atoms with Gasteiger partial charge in [-0.15, -0.1) is 0 Å². The Morgan fingerprint density at radius 1 is 0.704 bits per heavy atom. The Morgan fingerprint density at radius 2 is 1.00 bits per heavy atom. The van der Waals surface area contributed by atoms with Crippen molar-refractivity contribution in [3.8, 4) is 0 Å². The van der Waals surface area contributed by atoms with Crippen molar-refractivity contribution in [2.24, 2.45) is 0 Å². The van der Waals surface area contributed by atoms with Crippen LogP contribution in [-0.4, -0.2) is 45.0 Å². The van der Waals surface area contributed by atoms with Crippen molar-refractivity contribution in [2.75, 3.05) is 0 Å². The predicted molar refractivity (Wildman–Crippen MR) is 95.5 cm³/mol. The second-order valence-electron chi connectivity index (χ2n) is 5.64. The van der Waals surface area contributed by atoms with Gasteiger partial charge < -0.3 is 39.6 Å². The van der Waals surface area contributed by atoms with Crippen LogP contribution in [0.1, 0.15) is 53.4 Å². The van der Waals surface area contributed by atoms with Gasteiger partial charge in [-0.3, -0.25) is 0 Å². The maximum atomic E-state index is 9.76. The van der Waals surface area contributed by atoms with Crippen LogP contribution in [-0.2, 0) is 19.2 Å². The molecule has 0 saturated heterocycles. The van der Waals surface area contributed by atoms with Gasteiger partial charge in [-0.2, -0.15) is 0 Å². The van der Waals surface area contributed by atoms with Crippen LogP contribution in [0.4, 0.5) is 0 Å². The third-order valence-corrected chi connectivity index (χ3v) is 8.73. The van der Waals surface area contributed by atoms with Crippen molar-refractivity contribution in [3.05, 3.63) is 23.3 Å². The molecular weight excluding hydrogens is 463 g/mol. The van der Waals surface area contributed by atoms with Crippen LogP contribution in [0, 0.1) is 0 Å². The molecule has 0 saturated carbocycles. The number of carbonyl (C=O) groups is 4. The molecule has 0 aromatic rings. The molecule has 0 bridgehead atoms. The molecule has 0 amide bonds. The standard InChI is InChI=1S/2C5H6O4.2C4H9.Sn.2H/c2*1-3(5(8)9)2-4(6)7;2*1-3-4-2;;;/h2*2H,1H3,(H,6,7)(H,8,9);2*1,3-4H2,2H3;;;/q;;;;+4;;/p-4/b2*3-2-;;;;;. The second-order valence-corrected chi connectivity index (χ2v) is 11.7. The first-order valence-electron chi connectivity index (χ1n) is 8.70. The molecule has 0 spiro atoms. The van der Waals surface area contributed by atoms with Gasteiger partial charge in [-0.25, -0.2) is 0 Å². The van der Waals surface area contributed by atoms with Crippen LogP contribution in [0.3, 0.4) is 0 Å². The molecule has 0 rings (SSSR count). The number of hydrogen-bond donors (Lipinski definition) is 0. The van der Waals surface area contributed by atoms with E-state index >= 15 is 0 Å². The summed E-state index contributed by atoms with van der Waals surface area (Å²) in [6.45, 7) is 6.83. The van der Waals surface area contributed by atoms with E-state index in [1.54, 1.807) is 8.87 Å². The predicted octanol–water partition coefficient (Wildman–Crippen LogP) is -2.54. The molecule has 27 heavy (non-hydrogen) atoms. The normalized spacial score (nSPS) is 10.7. The minimum atomic E-state index is -1.53. The molecule has 0 aromatic heterocycles. The third kappa shape index (κ3) is 29.2. The summed E-state index contributed by atoms with van der Waals surface area (Å²) in [4.78, 5) is 38.8. The Labute approximate surface area is 170 Å². The fourth-order valence-corrected chi connectivity index (χ4v) is 7.38. The second kappa shape index (κ2) is 20.5. The van der Waals surface area contributed by atoms with Crippen molar-refractivity contribution in [1.29, 1.82) is 0 Å². The fraction of sp³-hybridized carbons (Fsp3) is 0.556. The minimum absolute atomic E-state index is 0.159. The molecule has 0 aliphatic rings. The van der Waals surface area contributed by atoms with E-state index in [1.807, 2.05) is 0 Å². The van der Waals surface area contributed by atoms with E-state index in [-0.39, 0.29) is 32.3 Å². The van der Waals surface area contributed by atoms with Crippen LogP contribution in [0.25, 0.3) is 0 Å². The Hall–Kier alpha value is -1.84. The summed E-state index contributed by atoms with van der Waals surface area (Å²) < 4.78 is 3.33. The quantitative estimate of drug-likeness (QED) is 0.184. The summed E-state index contributed by atoms with van der Waals surface area (Å²) in [7, 11) is 0. The van der Waals surface area contributed by atoms with Crippen LogP contribution >= 0.6 is 0 Å². The van der Waals surface area contributed by atoms with Crippen molar-refractivity contribution >= 4 is 45.0 Å². The maximum absolute atomic E-state index is 9.76. The molecule has 4 radical (unpaired) electrons. The molecular formula is C18H28O8Sn. The van der Waals surface area contributed by atoms with E-state index in [2.05, 4.69) is 13.8 Å². The summed E-state index contributed by atoms with van der Waals surface area (Å²) in [5, 5.41) is 38.8. The number of aliphatic carboxylic acids is 4. The van der Waals surface area contributed by atoms with E-state index in [0.717, 1.165) is 13.8 Å². The summed E-state index contributed by atoms with van der Waals surface area (Å²) in [6.07, 6.45) is 6.83. The number of carboxylic acids is 4. The van der Waals surface area contributed by atoms with Gasteiger partial charge in [0.2, 0.25) is 0 Å². The Balaban J connectivity index is -0.000000320. The Bertz CT molecular complexity index is 477.